The van der Waals surface area contributed by atoms with E-state index in [9.17, 15) is 0 Å². The first kappa shape index (κ1) is 12.9. The van der Waals surface area contributed by atoms with E-state index >= 15 is 0 Å². The van der Waals surface area contributed by atoms with Crippen molar-refractivity contribution in [2.24, 2.45) is 5.11 Å². The average molecular weight is 245 g/mol. The summed E-state index contributed by atoms with van der Waals surface area (Å²) in [5, 5.41) is 3.89. The molecule has 1 aliphatic rings. The summed E-state index contributed by atoms with van der Waals surface area (Å²) in [5.41, 5.74) is 10.8. The van der Waals surface area contributed by atoms with E-state index in [0.29, 0.717) is 0 Å². The monoisotopic (exact) mass is 245 g/mol. The third kappa shape index (κ3) is 3.22. The number of pyridine rings is 1. The Balaban J connectivity index is 2.09. The molecule has 1 fully saturated rings. The summed E-state index contributed by atoms with van der Waals surface area (Å²) in [6, 6.07) is 3.87. The molecular formula is C13H19N5. The molecule has 0 aromatic carbocycles. The highest BCUT2D eigenvalue weighted by Crippen LogP contribution is 2.20. The second-order valence-corrected chi connectivity index (χ2v) is 4.67. The second kappa shape index (κ2) is 6.38. The summed E-state index contributed by atoms with van der Waals surface area (Å²) in [5.74, 6) is 0. The van der Waals surface area contributed by atoms with Crippen LogP contribution in [0.15, 0.2) is 23.4 Å². The highest BCUT2D eigenvalue weighted by atomic mass is 15.2. The van der Waals surface area contributed by atoms with Gasteiger partial charge in [0.15, 0.2) is 0 Å². The number of hydrogen-bond donors (Lipinski definition) is 0. The molecule has 18 heavy (non-hydrogen) atoms. The van der Waals surface area contributed by atoms with Crippen molar-refractivity contribution in [2.45, 2.75) is 32.2 Å². The van der Waals surface area contributed by atoms with Gasteiger partial charge in [0.2, 0.25) is 0 Å². The van der Waals surface area contributed by atoms with E-state index in [1.165, 1.54) is 18.4 Å². The summed E-state index contributed by atoms with van der Waals surface area (Å²) in [7, 11) is 0. The first-order chi connectivity index (χ1) is 8.83. The number of nitrogens with zero attached hydrogens (tertiary/aromatic N) is 5. The first-order valence-corrected chi connectivity index (χ1v) is 6.55. The lowest BCUT2D eigenvalue weighted by Crippen LogP contribution is -2.25. The van der Waals surface area contributed by atoms with Gasteiger partial charge in [-0.05, 0) is 49.5 Å². The number of aromatic nitrogens is 1. The maximum absolute atomic E-state index is 8.68. The van der Waals surface area contributed by atoms with Crippen LogP contribution in [0.5, 0.6) is 0 Å². The minimum Gasteiger partial charge on any atom is -0.303 e. The Bertz CT molecular complexity index is 416. The van der Waals surface area contributed by atoms with Crippen LogP contribution < -0.4 is 0 Å². The molecule has 0 aliphatic carbocycles. The Morgan fingerprint density at radius 2 is 2.22 bits per heavy atom. The first-order valence-electron chi connectivity index (χ1n) is 6.55. The van der Waals surface area contributed by atoms with Crippen molar-refractivity contribution in [1.29, 1.82) is 0 Å². The fourth-order valence-corrected chi connectivity index (χ4v) is 2.30. The zero-order valence-electron chi connectivity index (χ0n) is 10.8. The topological polar surface area (TPSA) is 64.9 Å². The highest BCUT2D eigenvalue weighted by molar-refractivity contribution is 5.17. The van der Waals surface area contributed by atoms with Crippen LogP contribution in [0.4, 0.5) is 0 Å². The van der Waals surface area contributed by atoms with Crippen LogP contribution in [-0.2, 0) is 6.42 Å². The Kier molecular flexibility index (Phi) is 4.56. The summed E-state index contributed by atoms with van der Waals surface area (Å²) in [6.07, 6.45) is 5.33. The van der Waals surface area contributed by atoms with Gasteiger partial charge in [-0.2, -0.15) is 0 Å². The van der Waals surface area contributed by atoms with Crippen LogP contribution in [0, 0.1) is 0 Å². The Hall–Kier alpha value is -1.58. The van der Waals surface area contributed by atoms with E-state index in [4.69, 9.17) is 5.53 Å². The quantitative estimate of drug-likeness (QED) is 0.454. The summed E-state index contributed by atoms with van der Waals surface area (Å²) >= 11 is 0. The minimum atomic E-state index is -0.168. The van der Waals surface area contributed by atoms with Crippen LogP contribution >= 0.6 is 0 Å². The van der Waals surface area contributed by atoms with Crippen molar-refractivity contribution in [2.75, 3.05) is 19.6 Å². The van der Waals surface area contributed by atoms with Gasteiger partial charge in [-0.1, -0.05) is 18.1 Å². The van der Waals surface area contributed by atoms with Crippen LogP contribution in [0.25, 0.3) is 10.4 Å². The number of likely N-dealkylation sites (tertiary alicyclic amines) is 1. The highest BCUT2D eigenvalue weighted by Gasteiger charge is 2.18. The molecule has 5 heteroatoms. The average Bonchev–Trinajstić information content (AvgIpc) is 2.91. The Morgan fingerprint density at radius 3 is 2.78 bits per heavy atom. The van der Waals surface area contributed by atoms with E-state index in [1.807, 2.05) is 12.3 Å². The molecule has 0 saturated carbocycles. The number of rotatable bonds is 5. The van der Waals surface area contributed by atoms with Gasteiger partial charge < -0.3 is 4.90 Å². The third-order valence-electron chi connectivity index (χ3n) is 3.42. The summed E-state index contributed by atoms with van der Waals surface area (Å²) in [6.45, 7) is 5.09. The van der Waals surface area contributed by atoms with Crippen molar-refractivity contribution < 1.29 is 0 Å². The van der Waals surface area contributed by atoms with Crippen molar-refractivity contribution in [3.8, 4) is 0 Å². The molecule has 1 aromatic rings. The molecule has 96 valence electrons. The minimum absolute atomic E-state index is 0.168. The molecule has 0 amide bonds. The van der Waals surface area contributed by atoms with E-state index in [2.05, 4.69) is 32.9 Å². The zero-order valence-corrected chi connectivity index (χ0v) is 10.8. The lowest BCUT2D eigenvalue weighted by atomic mass is 10.1. The van der Waals surface area contributed by atoms with Gasteiger partial charge in [0.1, 0.15) is 0 Å². The molecule has 0 N–H and O–H groups in total. The summed E-state index contributed by atoms with van der Waals surface area (Å²) in [4.78, 5) is 9.72. The predicted molar refractivity (Wildman–Crippen MR) is 71.2 cm³/mol. The molecule has 0 bridgehead atoms. The predicted octanol–water partition coefficient (Wildman–Crippen LogP) is 3.09. The maximum Gasteiger partial charge on any atom is 0.0924 e. The smallest absolute Gasteiger partial charge is 0.0924 e. The van der Waals surface area contributed by atoms with Crippen molar-refractivity contribution in [1.82, 2.24) is 9.88 Å². The van der Waals surface area contributed by atoms with Crippen molar-refractivity contribution >= 4 is 0 Å². The van der Waals surface area contributed by atoms with Gasteiger partial charge in [0.25, 0.3) is 0 Å². The molecule has 1 aromatic heterocycles. The molecule has 1 unspecified atom stereocenters. The van der Waals surface area contributed by atoms with Gasteiger partial charge >= 0.3 is 0 Å². The van der Waals surface area contributed by atoms with E-state index in [-0.39, 0.29) is 6.04 Å². The van der Waals surface area contributed by atoms with Gasteiger partial charge in [-0.3, -0.25) is 4.98 Å². The SMILES string of the molecule is CCc1ccc(C(CN2CCCC2)N=[N+]=[N-])nc1. The van der Waals surface area contributed by atoms with E-state index < -0.39 is 0 Å². The van der Waals surface area contributed by atoms with Crippen LogP contribution in [-0.4, -0.2) is 29.5 Å². The Labute approximate surface area is 107 Å². The molecule has 2 heterocycles. The molecule has 0 radical (unpaired) electrons. The van der Waals surface area contributed by atoms with Crippen LogP contribution in [0.2, 0.25) is 0 Å². The van der Waals surface area contributed by atoms with Crippen molar-refractivity contribution in [3.63, 3.8) is 0 Å². The number of hydrogen-bond acceptors (Lipinski definition) is 3. The zero-order chi connectivity index (χ0) is 12.8. The standard InChI is InChI=1S/C13H19N5/c1-2-11-5-6-12(15-9-11)13(16-17-14)10-18-7-3-4-8-18/h5-6,9,13H,2-4,7-8,10H2,1H3. The fourth-order valence-electron chi connectivity index (χ4n) is 2.30. The number of aryl methyl sites for hydroxylation is 1. The number of azide groups is 1. The van der Waals surface area contributed by atoms with Gasteiger partial charge in [0, 0.05) is 17.7 Å². The lowest BCUT2D eigenvalue weighted by molar-refractivity contribution is 0.314. The van der Waals surface area contributed by atoms with Crippen LogP contribution in [0.1, 0.15) is 37.1 Å². The normalized spacial score (nSPS) is 17.4. The second-order valence-electron chi connectivity index (χ2n) is 4.67. The fraction of sp³-hybridized carbons (Fsp3) is 0.615. The Morgan fingerprint density at radius 1 is 1.44 bits per heavy atom. The van der Waals surface area contributed by atoms with Gasteiger partial charge in [-0.15, -0.1) is 0 Å². The molecule has 1 saturated heterocycles. The molecule has 2 rings (SSSR count). The van der Waals surface area contributed by atoms with Gasteiger partial charge in [-0.25, -0.2) is 0 Å². The third-order valence-corrected chi connectivity index (χ3v) is 3.42. The maximum atomic E-state index is 8.68. The van der Waals surface area contributed by atoms with Crippen LogP contribution in [0.3, 0.4) is 0 Å². The lowest BCUT2D eigenvalue weighted by Gasteiger charge is -2.19. The molecule has 0 spiro atoms. The molecule has 5 nitrogen and oxygen atoms in total. The van der Waals surface area contributed by atoms with E-state index in [1.54, 1.807) is 0 Å². The molecule has 1 atom stereocenters. The van der Waals surface area contributed by atoms with Crippen molar-refractivity contribution in [3.05, 3.63) is 40.0 Å². The van der Waals surface area contributed by atoms with E-state index in [0.717, 1.165) is 31.7 Å². The summed E-state index contributed by atoms with van der Waals surface area (Å²) < 4.78 is 0. The molecular weight excluding hydrogens is 226 g/mol. The largest absolute Gasteiger partial charge is 0.303 e. The van der Waals surface area contributed by atoms with Gasteiger partial charge in [0.05, 0.1) is 11.7 Å². The molecule has 1 aliphatic heterocycles.